The smallest absolute Gasteiger partial charge is 0.139 e. The molecule has 0 aliphatic heterocycles. The normalized spacial score (nSPS) is 12.3. The van der Waals surface area contributed by atoms with Crippen LogP contribution in [0.4, 0.5) is 8.78 Å². The molecule has 0 saturated heterocycles. The highest BCUT2D eigenvalue weighted by atomic mass is 32.1. The second-order valence-corrected chi connectivity index (χ2v) is 15.3. The van der Waals surface area contributed by atoms with Crippen LogP contribution < -0.4 is 0 Å². The van der Waals surface area contributed by atoms with E-state index in [0.717, 1.165) is 29.9 Å². The molecule has 44 heavy (non-hydrogen) atoms. The zero-order valence-corrected chi connectivity index (χ0v) is 26.0. The van der Waals surface area contributed by atoms with E-state index >= 15 is 8.78 Å². The van der Waals surface area contributed by atoms with E-state index in [1.807, 2.05) is 0 Å². The van der Waals surface area contributed by atoms with Gasteiger partial charge >= 0.3 is 0 Å². The summed E-state index contributed by atoms with van der Waals surface area (Å²) in [4.78, 5) is 1.69. The molecule has 0 unspecified atom stereocenters. The monoisotopic (exact) mass is 640 g/mol. The minimum atomic E-state index is -0.382. The fraction of sp³-hybridized carbons (Fsp3) is 0. The summed E-state index contributed by atoms with van der Waals surface area (Å²) in [6, 6.07) is 33.0. The standard InChI is InChI=1S/C38H18F2S4/c39-37-27-1-3-29(35-17-25-11-23-13-31-19(5-7-41-31)9-21(23)15-33(25)43-35)38(40)28(27)2-4-30(37)36-18-26-12-24-14-32-20(6-8-42-32)10-22(24)16-34(26)44-36/h1-18H. The van der Waals surface area contributed by atoms with Gasteiger partial charge in [-0.25, -0.2) is 8.78 Å². The molecule has 0 bridgehead atoms. The van der Waals surface area contributed by atoms with Crippen LogP contribution in [0.25, 0.3) is 93.5 Å². The molecule has 10 rings (SSSR count). The van der Waals surface area contributed by atoms with Crippen LogP contribution in [0.2, 0.25) is 0 Å². The molecule has 0 amide bonds. The average molecular weight is 641 g/mol. The van der Waals surface area contributed by atoms with Crippen LogP contribution >= 0.6 is 45.3 Å². The summed E-state index contributed by atoms with van der Waals surface area (Å²) in [7, 11) is 0. The lowest BCUT2D eigenvalue weighted by atomic mass is 10.0. The maximum atomic E-state index is 16.1. The van der Waals surface area contributed by atoms with Gasteiger partial charge in [0.2, 0.25) is 0 Å². The van der Waals surface area contributed by atoms with Gasteiger partial charge in [-0.2, -0.15) is 0 Å². The van der Waals surface area contributed by atoms with E-state index in [1.54, 1.807) is 69.6 Å². The molecule has 0 saturated carbocycles. The van der Waals surface area contributed by atoms with Crippen LogP contribution in [-0.4, -0.2) is 0 Å². The highest BCUT2D eigenvalue weighted by Gasteiger charge is 2.18. The molecule has 6 aromatic carbocycles. The minimum Gasteiger partial charge on any atom is -0.206 e. The third-order valence-corrected chi connectivity index (χ3v) is 12.7. The molecule has 0 aliphatic carbocycles. The van der Waals surface area contributed by atoms with Gasteiger partial charge in [-0.1, -0.05) is 12.1 Å². The molecule has 0 atom stereocenters. The molecular weight excluding hydrogens is 623 g/mol. The largest absolute Gasteiger partial charge is 0.206 e. The van der Waals surface area contributed by atoms with E-state index in [1.165, 1.54) is 41.7 Å². The Kier molecular flexibility index (Phi) is 5.24. The Labute approximate surface area is 265 Å². The van der Waals surface area contributed by atoms with Crippen LogP contribution in [0, 0.1) is 11.6 Å². The minimum absolute atomic E-state index is 0.304. The molecule has 0 nitrogen and oxygen atoms in total. The van der Waals surface area contributed by atoms with Crippen molar-refractivity contribution >= 4 is 118 Å². The van der Waals surface area contributed by atoms with Gasteiger partial charge < -0.3 is 0 Å². The van der Waals surface area contributed by atoms with Crippen molar-refractivity contribution in [2.75, 3.05) is 0 Å². The maximum absolute atomic E-state index is 16.1. The number of hydrogen-bond donors (Lipinski definition) is 0. The van der Waals surface area contributed by atoms with Crippen LogP contribution in [0.1, 0.15) is 0 Å². The van der Waals surface area contributed by atoms with Crippen LogP contribution in [0.5, 0.6) is 0 Å². The summed E-state index contributed by atoms with van der Waals surface area (Å²) in [6.07, 6.45) is 0. The van der Waals surface area contributed by atoms with Crippen molar-refractivity contribution in [2.45, 2.75) is 0 Å². The van der Waals surface area contributed by atoms with Crippen molar-refractivity contribution < 1.29 is 8.78 Å². The molecule has 6 heteroatoms. The number of thiophene rings is 4. The van der Waals surface area contributed by atoms with Crippen LogP contribution in [-0.2, 0) is 0 Å². The lowest BCUT2D eigenvalue weighted by Gasteiger charge is -2.09. The summed E-state index contributed by atoms with van der Waals surface area (Å²) < 4.78 is 36.9. The van der Waals surface area contributed by atoms with Crippen molar-refractivity contribution in [2.24, 2.45) is 0 Å². The predicted octanol–water partition coefficient (Wildman–Crippen LogP) is 13.6. The van der Waals surface area contributed by atoms with Gasteiger partial charge in [-0.05, 0) is 139 Å². The van der Waals surface area contributed by atoms with Crippen molar-refractivity contribution in [1.29, 1.82) is 0 Å². The molecule has 10 aromatic rings. The molecule has 0 aliphatic rings. The molecule has 0 fully saturated rings. The van der Waals surface area contributed by atoms with Gasteiger partial charge in [0, 0.05) is 50.5 Å². The van der Waals surface area contributed by atoms with E-state index in [0.29, 0.717) is 21.9 Å². The first kappa shape index (κ1) is 25.2. The van der Waals surface area contributed by atoms with Crippen molar-refractivity contribution in [3.63, 3.8) is 0 Å². The number of hydrogen-bond acceptors (Lipinski definition) is 4. The highest BCUT2D eigenvalue weighted by molar-refractivity contribution is 7.22. The van der Waals surface area contributed by atoms with E-state index in [9.17, 15) is 0 Å². The molecule has 0 spiro atoms. The summed E-state index contributed by atoms with van der Waals surface area (Å²) >= 11 is 6.63. The quantitative estimate of drug-likeness (QED) is 0.176. The van der Waals surface area contributed by atoms with Gasteiger partial charge in [0.25, 0.3) is 0 Å². The summed E-state index contributed by atoms with van der Waals surface area (Å²) in [5.74, 6) is -0.765. The Bertz CT molecular complexity index is 2480. The van der Waals surface area contributed by atoms with E-state index < -0.39 is 0 Å². The first-order valence-corrected chi connectivity index (χ1v) is 17.6. The van der Waals surface area contributed by atoms with Crippen LogP contribution in [0.15, 0.2) is 108 Å². The lowest BCUT2D eigenvalue weighted by Crippen LogP contribution is -1.90. The van der Waals surface area contributed by atoms with E-state index in [-0.39, 0.29) is 11.6 Å². The zero-order valence-electron chi connectivity index (χ0n) is 22.8. The number of benzene rings is 6. The molecule has 0 N–H and O–H groups in total. The Morgan fingerprint density at radius 3 is 1.23 bits per heavy atom. The third-order valence-electron chi connectivity index (χ3n) is 8.69. The number of halogens is 2. The van der Waals surface area contributed by atoms with Gasteiger partial charge in [0.05, 0.1) is 0 Å². The molecule has 208 valence electrons. The van der Waals surface area contributed by atoms with Crippen molar-refractivity contribution in [3.05, 3.63) is 119 Å². The number of rotatable bonds is 2. The van der Waals surface area contributed by atoms with Gasteiger partial charge in [-0.3, -0.25) is 0 Å². The first-order chi connectivity index (χ1) is 21.6. The second kappa shape index (κ2) is 9.16. The molecule has 4 aromatic heterocycles. The topological polar surface area (TPSA) is 0 Å². The molecular formula is C38H18F2S4. The molecule has 4 heterocycles. The van der Waals surface area contributed by atoms with Gasteiger partial charge in [0.15, 0.2) is 0 Å². The zero-order chi connectivity index (χ0) is 29.1. The van der Waals surface area contributed by atoms with Gasteiger partial charge in [0.1, 0.15) is 11.6 Å². The summed E-state index contributed by atoms with van der Waals surface area (Å²) in [5, 5.41) is 14.2. The van der Waals surface area contributed by atoms with Gasteiger partial charge in [-0.15, -0.1) is 45.3 Å². The van der Waals surface area contributed by atoms with E-state index in [4.69, 9.17) is 0 Å². The number of fused-ring (bicyclic) bond motifs is 7. The molecule has 0 radical (unpaired) electrons. The van der Waals surface area contributed by atoms with Crippen molar-refractivity contribution in [1.82, 2.24) is 0 Å². The Morgan fingerprint density at radius 2 is 0.773 bits per heavy atom. The highest BCUT2D eigenvalue weighted by Crippen LogP contribution is 2.43. The predicted molar refractivity (Wildman–Crippen MR) is 191 cm³/mol. The Morgan fingerprint density at radius 1 is 0.364 bits per heavy atom. The Hall–Kier alpha value is -4.20. The second-order valence-electron chi connectivity index (χ2n) is 11.3. The Balaban J connectivity index is 1.07. The fourth-order valence-electron chi connectivity index (χ4n) is 6.47. The van der Waals surface area contributed by atoms with Crippen LogP contribution in [0.3, 0.4) is 0 Å². The fourth-order valence-corrected chi connectivity index (χ4v) is 10.3. The average Bonchev–Trinajstić information content (AvgIpc) is 3.83. The maximum Gasteiger partial charge on any atom is 0.139 e. The lowest BCUT2D eigenvalue weighted by molar-refractivity contribution is 0.633. The first-order valence-electron chi connectivity index (χ1n) is 14.2. The summed E-state index contributed by atoms with van der Waals surface area (Å²) in [5.41, 5.74) is 1.01. The third kappa shape index (κ3) is 3.69. The van der Waals surface area contributed by atoms with E-state index in [2.05, 4.69) is 83.6 Å². The SMILES string of the molecule is Fc1c(-c2cc3cc4cc5sccc5cc4cc3s2)ccc2c(F)c(-c3cc4cc5cc6sccc6cc5cc4s3)ccc12. The summed E-state index contributed by atoms with van der Waals surface area (Å²) in [6.45, 7) is 0. The van der Waals surface area contributed by atoms with Crippen molar-refractivity contribution in [3.8, 4) is 20.9 Å².